The van der Waals surface area contributed by atoms with E-state index in [4.69, 9.17) is 0 Å². The Bertz CT molecular complexity index is 192. The maximum absolute atomic E-state index is 10.5. The van der Waals surface area contributed by atoms with Gasteiger partial charge in [-0.05, 0) is 25.2 Å². The lowest BCUT2D eigenvalue weighted by Gasteiger charge is -2.39. The zero-order valence-electron chi connectivity index (χ0n) is 8.42. The highest BCUT2D eigenvalue weighted by atomic mass is 16.3. The standard InChI is InChI=1S/C11H20O2/c1-9-7-10(9,8-12)11(13)5-3-2-4-6-11/h9,12-13H,2-8H2,1H3. The first-order valence-corrected chi connectivity index (χ1v) is 5.48. The van der Waals surface area contributed by atoms with Crippen LogP contribution < -0.4 is 0 Å². The third kappa shape index (κ3) is 1.23. The Balaban J connectivity index is 2.12. The van der Waals surface area contributed by atoms with Gasteiger partial charge >= 0.3 is 0 Å². The summed E-state index contributed by atoms with van der Waals surface area (Å²) in [6.45, 7) is 2.31. The second-order valence-electron chi connectivity index (χ2n) is 5.01. The van der Waals surface area contributed by atoms with Crippen LogP contribution in [0.2, 0.25) is 0 Å². The van der Waals surface area contributed by atoms with Crippen LogP contribution in [0.25, 0.3) is 0 Å². The lowest BCUT2D eigenvalue weighted by atomic mass is 9.72. The summed E-state index contributed by atoms with van der Waals surface area (Å²) in [6, 6.07) is 0. The maximum Gasteiger partial charge on any atom is 0.0728 e. The average molecular weight is 184 g/mol. The zero-order chi connectivity index (χ0) is 9.53. The van der Waals surface area contributed by atoms with E-state index >= 15 is 0 Å². The van der Waals surface area contributed by atoms with E-state index < -0.39 is 5.60 Å². The van der Waals surface area contributed by atoms with Gasteiger partial charge < -0.3 is 10.2 Å². The number of aliphatic hydroxyl groups excluding tert-OH is 1. The van der Waals surface area contributed by atoms with Crippen molar-refractivity contribution in [3.63, 3.8) is 0 Å². The Hall–Kier alpha value is -0.0800. The van der Waals surface area contributed by atoms with E-state index in [-0.39, 0.29) is 12.0 Å². The minimum absolute atomic E-state index is 0.132. The van der Waals surface area contributed by atoms with Crippen molar-refractivity contribution in [3.05, 3.63) is 0 Å². The van der Waals surface area contributed by atoms with Crippen LogP contribution in [0.15, 0.2) is 0 Å². The molecule has 2 saturated carbocycles. The molecule has 0 spiro atoms. The molecule has 2 atom stereocenters. The van der Waals surface area contributed by atoms with Crippen LogP contribution in [-0.4, -0.2) is 22.4 Å². The molecular formula is C11H20O2. The number of rotatable bonds is 2. The molecule has 2 fully saturated rings. The van der Waals surface area contributed by atoms with E-state index in [0.29, 0.717) is 5.92 Å². The zero-order valence-corrected chi connectivity index (χ0v) is 8.42. The lowest BCUT2D eigenvalue weighted by molar-refractivity contribution is -0.0867. The first-order chi connectivity index (χ1) is 6.15. The highest BCUT2D eigenvalue weighted by molar-refractivity contribution is 5.12. The molecule has 0 aromatic carbocycles. The van der Waals surface area contributed by atoms with E-state index in [0.717, 1.165) is 32.1 Å². The van der Waals surface area contributed by atoms with Gasteiger partial charge in [-0.2, -0.15) is 0 Å². The van der Waals surface area contributed by atoms with E-state index in [1.807, 2.05) is 0 Å². The molecular weight excluding hydrogens is 164 g/mol. The molecule has 2 N–H and O–H groups in total. The van der Waals surface area contributed by atoms with Crippen molar-refractivity contribution in [3.8, 4) is 0 Å². The molecule has 0 aromatic heterocycles. The van der Waals surface area contributed by atoms with Gasteiger partial charge in [-0.25, -0.2) is 0 Å². The lowest BCUT2D eigenvalue weighted by Crippen LogP contribution is -2.44. The number of hydrogen-bond donors (Lipinski definition) is 2. The molecule has 2 unspecified atom stereocenters. The summed E-state index contributed by atoms with van der Waals surface area (Å²) in [5, 5.41) is 19.9. The van der Waals surface area contributed by atoms with Crippen molar-refractivity contribution >= 4 is 0 Å². The third-order valence-corrected chi connectivity index (χ3v) is 4.34. The molecule has 2 aliphatic rings. The third-order valence-electron chi connectivity index (χ3n) is 4.34. The predicted octanol–water partition coefficient (Wildman–Crippen LogP) is 1.70. The molecule has 13 heavy (non-hydrogen) atoms. The first kappa shape index (κ1) is 9.47. The summed E-state index contributed by atoms with van der Waals surface area (Å²) < 4.78 is 0. The van der Waals surface area contributed by atoms with Gasteiger partial charge in [0.15, 0.2) is 0 Å². The van der Waals surface area contributed by atoms with Crippen LogP contribution in [-0.2, 0) is 0 Å². The van der Waals surface area contributed by atoms with Gasteiger partial charge in [-0.3, -0.25) is 0 Å². The molecule has 2 heteroatoms. The Morgan fingerprint density at radius 1 is 1.23 bits per heavy atom. The fourth-order valence-corrected chi connectivity index (χ4v) is 3.14. The van der Waals surface area contributed by atoms with E-state index in [1.165, 1.54) is 6.42 Å². The summed E-state index contributed by atoms with van der Waals surface area (Å²) in [7, 11) is 0. The molecule has 0 bridgehead atoms. The molecule has 0 aromatic rings. The van der Waals surface area contributed by atoms with Crippen LogP contribution in [0.4, 0.5) is 0 Å². The summed E-state index contributed by atoms with van der Waals surface area (Å²) >= 11 is 0. The molecule has 0 saturated heterocycles. The second-order valence-corrected chi connectivity index (χ2v) is 5.01. The molecule has 0 radical (unpaired) electrons. The van der Waals surface area contributed by atoms with Gasteiger partial charge in [-0.15, -0.1) is 0 Å². The summed E-state index contributed by atoms with van der Waals surface area (Å²) in [6.07, 6.45) is 6.32. The van der Waals surface area contributed by atoms with Gasteiger partial charge in [0.05, 0.1) is 12.2 Å². The smallest absolute Gasteiger partial charge is 0.0728 e. The van der Waals surface area contributed by atoms with Crippen molar-refractivity contribution in [2.45, 2.75) is 51.0 Å². The van der Waals surface area contributed by atoms with Gasteiger partial charge in [0.1, 0.15) is 0 Å². The summed E-state index contributed by atoms with van der Waals surface area (Å²) in [5.41, 5.74) is -0.674. The fourth-order valence-electron chi connectivity index (χ4n) is 3.14. The van der Waals surface area contributed by atoms with Gasteiger partial charge in [0.2, 0.25) is 0 Å². The number of aliphatic hydroxyl groups is 2. The summed E-state index contributed by atoms with van der Waals surface area (Å²) in [5.74, 6) is 0.514. The molecule has 0 aliphatic heterocycles. The van der Waals surface area contributed by atoms with Crippen molar-refractivity contribution in [1.29, 1.82) is 0 Å². The predicted molar refractivity (Wildman–Crippen MR) is 51.3 cm³/mol. The van der Waals surface area contributed by atoms with Crippen molar-refractivity contribution in [2.24, 2.45) is 11.3 Å². The topological polar surface area (TPSA) is 40.5 Å². The Morgan fingerprint density at radius 2 is 1.77 bits per heavy atom. The first-order valence-electron chi connectivity index (χ1n) is 5.48. The molecule has 0 amide bonds. The van der Waals surface area contributed by atoms with Gasteiger partial charge in [0, 0.05) is 5.41 Å². The molecule has 2 nitrogen and oxygen atoms in total. The van der Waals surface area contributed by atoms with Crippen molar-refractivity contribution in [1.82, 2.24) is 0 Å². The van der Waals surface area contributed by atoms with Crippen LogP contribution >= 0.6 is 0 Å². The summed E-state index contributed by atoms with van der Waals surface area (Å²) in [4.78, 5) is 0. The van der Waals surface area contributed by atoms with Crippen molar-refractivity contribution < 1.29 is 10.2 Å². The maximum atomic E-state index is 10.5. The van der Waals surface area contributed by atoms with Crippen molar-refractivity contribution in [2.75, 3.05) is 6.61 Å². The average Bonchev–Trinajstić information content (AvgIpc) is 2.80. The largest absolute Gasteiger partial charge is 0.396 e. The van der Waals surface area contributed by atoms with E-state index in [2.05, 4.69) is 6.92 Å². The molecule has 76 valence electrons. The Kier molecular flexibility index (Phi) is 2.16. The highest BCUT2D eigenvalue weighted by Gasteiger charge is 2.63. The molecule has 2 aliphatic carbocycles. The van der Waals surface area contributed by atoms with Crippen LogP contribution in [0.1, 0.15) is 45.4 Å². The normalized spacial score (nSPS) is 43.2. The minimum atomic E-state index is -0.542. The molecule has 2 rings (SSSR count). The Morgan fingerprint density at radius 3 is 2.15 bits per heavy atom. The quantitative estimate of drug-likeness (QED) is 0.685. The van der Waals surface area contributed by atoms with Gasteiger partial charge in [0.25, 0.3) is 0 Å². The monoisotopic (exact) mass is 184 g/mol. The van der Waals surface area contributed by atoms with E-state index in [9.17, 15) is 10.2 Å². The Labute approximate surface area is 80.0 Å². The molecule has 0 heterocycles. The minimum Gasteiger partial charge on any atom is -0.396 e. The fraction of sp³-hybridized carbons (Fsp3) is 1.00. The van der Waals surface area contributed by atoms with Crippen LogP contribution in [0, 0.1) is 11.3 Å². The van der Waals surface area contributed by atoms with E-state index in [1.54, 1.807) is 0 Å². The van der Waals surface area contributed by atoms with Gasteiger partial charge in [-0.1, -0.05) is 26.2 Å². The van der Waals surface area contributed by atoms with Crippen LogP contribution in [0.3, 0.4) is 0 Å². The second kappa shape index (κ2) is 2.96. The van der Waals surface area contributed by atoms with Crippen LogP contribution in [0.5, 0.6) is 0 Å². The SMILES string of the molecule is CC1CC1(CO)C1(O)CCCCC1. The number of hydrogen-bond acceptors (Lipinski definition) is 2. The highest BCUT2D eigenvalue weighted by Crippen LogP contribution is 2.62.